The van der Waals surface area contributed by atoms with Crippen LogP contribution in [0.15, 0.2) is 12.4 Å². The van der Waals surface area contributed by atoms with E-state index in [9.17, 15) is 4.79 Å². The molecule has 0 radical (unpaired) electrons. The second-order valence-corrected chi connectivity index (χ2v) is 7.48. The van der Waals surface area contributed by atoms with Gasteiger partial charge in [0.1, 0.15) is 0 Å². The summed E-state index contributed by atoms with van der Waals surface area (Å²) in [7, 11) is 6.01. The molecule has 1 unspecified atom stereocenters. The van der Waals surface area contributed by atoms with Crippen molar-refractivity contribution in [2.45, 2.75) is 37.8 Å². The first-order valence-corrected chi connectivity index (χ1v) is 9.34. The molecule has 2 saturated heterocycles. The van der Waals surface area contributed by atoms with Gasteiger partial charge in [0.2, 0.25) is 0 Å². The minimum Gasteiger partial charge on any atom is -0.376 e. The number of rotatable bonds is 5. The van der Waals surface area contributed by atoms with Crippen molar-refractivity contribution in [2.75, 3.05) is 40.3 Å². The first-order chi connectivity index (χ1) is 12.0. The Morgan fingerprint density at radius 2 is 2.24 bits per heavy atom. The van der Waals surface area contributed by atoms with Crippen LogP contribution < -0.4 is 5.32 Å². The zero-order valence-electron chi connectivity index (χ0n) is 15.6. The molecule has 2 fully saturated rings. The third kappa shape index (κ3) is 4.52. The smallest absolute Gasteiger partial charge is 0.317 e. The number of ether oxygens (including phenoxy) is 1. The van der Waals surface area contributed by atoms with Gasteiger partial charge in [0, 0.05) is 51.6 Å². The highest BCUT2D eigenvalue weighted by molar-refractivity contribution is 5.73. The van der Waals surface area contributed by atoms with Crippen LogP contribution >= 0.6 is 0 Å². The van der Waals surface area contributed by atoms with Crippen LogP contribution in [0.1, 0.15) is 37.3 Å². The van der Waals surface area contributed by atoms with Crippen LogP contribution in [0.2, 0.25) is 0 Å². The molecule has 0 spiro atoms. The van der Waals surface area contributed by atoms with Gasteiger partial charge in [-0.1, -0.05) is 0 Å². The maximum Gasteiger partial charge on any atom is 0.317 e. The number of urea groups is 1. The lowest BCUT2D eigenvalue weighted by molar-refractivity contribution is 0.0947. The van der Waals surface area contributed by atoms with Crippen molar-refractivity contribution in [3.63, 3.8) is 0 Å². The van der Waals surface area contributed by atoms with Gasteiger partial charge in [-0.3, -0.25) is 9.58 Å². The second-order valence-electron chi connectivity index (χ2n) is 7.48. The van der Waals surface area contributed by atoms with Crippen molar-refractivity contribution in [1.82, 2.24) is 24.9 Å². The summed E-state index contributed by atoms with van der Waals surface area (Å²) in [5, 5.41) is 7.35. The molecule has 2 aliphatic rings. The summed E-state index contributed by atoms with van der Waals surface area (Å²) in [4.78, 5) is 16.6. The summed E-state index contributed by atoms with van der Waals surface area (Å²) in [5.41, 5.74) is 1.24. The number of hydrogen-bond acceptors (Lipinski definition) is 4. The van der Waals surface area contributed by atoms with E-state index in [0.717, 1.165) is 39.0 Å². The van der Waals surface area contributed by atoms with E-state index in [4.69, 9.17) is 4.74 Å². The number of likely N-dealkylation sites (tertiary alicyclic amines) is 1. The average molecular weight is 349 g/mol. The fourth-order valence-corrected chi connectivity index (χ4v) is 4.15. The minimum absolute atomic E-state index is 0.00587. The number of nitrogens with one attached hydrogen (secondary N) is 1. The highest BCUT2D eigenvalue weighted by atomic mass is 16.5. The molecule has 7 nitrogen and oxygen atoms in total. The first-order valence-electron chi connectivity index (χ1n) is 9.34. The Kier molecular flexibility index (Phi) is 5.96. The van der Waals surface area contributed by atoms with Crippen molar-refractivity contribution in [3.8, 4) is 0 Å². The van der Waals surface area contributed by atoms with Crippen molar-refractivity contribution in [3.05, 3.63) is 18.0 Å². The lowest BCUT2D eigenvalue weighted by atomic mass is 9.86. The molecule has 7 heteroatoms. The lowest BCUT2D eigenvalue weighted by Gasteiger charge is -2.40. The van der Waals surface area contributed by atoms with E-state index in [1.807, 2.05) is 29.9 Å². The number of hydrogen-bond donors (Lipinski definition) is 1. The van der Waals surface area contributed by atoms with Crippen molar-refractivity contribution in [2.24, 2.45) is 13.0 Å². The largest absolute Gasteiger partial charge is 0.376 e. The highest BCUT2D eigenvalue weighted by Gasteiger charge is 2.33. The Bertz CT molecular complexity index is 570. The summed E-state index contributed by atoms with van der Waals surface area (Å²) in [6.45, 7) is 3.27. The molecular weight excluding hydrogens is 318 g/mol. The van der Waals surface area contributed by atoms with Crippen LogP contribution in [0.4, 0.5) is 4.79 Å². The maximum atomic E-state index is 12.4. The van der Waals surface area contributed by atoms with E-state index in [1.54, 1.807) is 0 Å². The Balaban J connectivity index is 1.57. The lowest BCUT2D eigenvalue weighted by Crippen LogP contribution is -2.46. The molecule has 3 rings (SSSR count). The monoisotopic (exact) mass is 349 g/mol. The number of carbonyl (C=O) groups excluding carboxylic acids is 1. The molecule has 3 heterocycles. The predicted molar refractivity (Wildman–Crippen MR) is 96.3 cm³/mol. The Morgan fingerprint density at radius 3 is 2.92 bits per heavy atom. The fraction of sp³-hybridized carbons (Fsp3) is 0.778. The fourth-order valence-electron chi connectivity index (χ4n) is 4.15. The van der Waals surface area contributed by atoms with E-state index in [-0.39, 0.29) is 12.1 Å². The summed E-state index contributed by atoms with van der Waals surface area (Å²) in [6, 6.07) is 0.310. The molecule has 2 amide bonds. The van der Waals surface area contributed by atoms with E-state index in [0.29, 0.717) is 18.5 Å². The van der Waals surface area contributed by atoms with Gasteiger partial charge in [-0.25, -0.2) is 4.79 Å². The minimum atomic E-state index is -0.00587. The van der Waals surface area contributed by atoms with Crippen molar-refractivity contribution in [1.29, 1.82) is 0 Å². The van der Waals surface area contributed by atoms with Gasteiger partial charge in [-0.2, -0.15) is 5.10 Å². The zero-order valence-corrected chi connectivity index (χ0v) is 15.6. The standard InChI is InChI=1S/C18H31N5O2/c1-21-8-4-6-14(17(21)15-10-20-23(3)13-15)12-22(2)18(24)19-11-16-7-5-9-25-16/h10,13-14,16-17H,4-9,11-12H2,1-3H3,(H,19,24)/t14-,16?,17+/m0/s1. The van der Waals surface area contributed by atoms with Gasteiger partial charge in [0.15, 0.2) is 0 Å². The molecule has 0 bridgehead atoms. The number of piperidine rings is 1. The number of aryl methyl sites for hydroxylation is 1. The van der Waals surface area contributed by atoms with Crippen LogP contribution in [-0.4, -0.2) is 72.1 Å². The van der Waals surface area contributed by atoms with Crippen molar-refractivity contribution < 1.29 is 9.53 Å². The summed E-state index contributed by atoms with van der Waals surface area (Å²) < 4.78 is 7.43. The molecule has 3 atom stereocenters. The Labute approximate surface area is 150 Å². The Morgan fingerprint density at radius 1 is 1.40 bits per heavy atom. The molecule has 140 valence electrons. The van der Waals surface area contributed by atoms with Crippen molar-refractivity contribution >= 4 is 6.03 Å². The summed E-state index contributed by atoms with van der Waals surface area (Å²) in [6.07, 6.45) is 8.67. The summed E-state index contributed by atoms with van der Waals surface area (Å²) >= 11 is 0. The zero-order chi connectivity index (χ0) is 17.8. The summed E-state index contributed by atoms with van der Waals surface area (Å²) in [5.74, 6) is 0.418. The van der Waals surface area contributed by atoms with Gasteiger partial charge in [0.25, 0.3) is 0 Å². The van der Waals surface area contributed by atoms with E-state index in [2.05, 4.69) is 28.6 Å². The topological polar surface area (TPSA) is 62.6 Å². The quantitative estimate of drug-likeness (QED) is 0.877. The van der Waals surface area contributed by atoms with E-state index >= 15 is 0 Å². The highest BCUT2D eigenvalue weighted by Crippen LogP contribution is 2.35. The predicted octanol–water partition coefficient (Wildman–Crippen LogP) is 1.62. The molecule has 0 aromatic carbocycles. The molecule has 25 heavy (non-hydrogen) atoms. The molecule has 0 aliphatic carbocycles. The van der Waals surface area contributed by atoms with Gasteiger partial charge in [0.05, 0.1) is 12.3 Å². The van der Waals surface area contributed by atoms with Crippen LogP contribution in [0.5, 0.6) is 0 Å². The number of carbonyl (C=O) groups is 1. The van der Waals surface area contributed by atoms with Crippen LogP contribution in [0, 0.1) is 5.92 Å². The van der Waals surface area contributed by atoms with Gasteiger partial charge in [-0.05, 0) is 45.2 Å². The van der Waals surface area contributed by atoms with Crippen LogP contribution in [0.25, 0.3) is 0 Å². The van der Waals surface area contributed by atoms with E-state index in [1.165, 1.54) is 12.0 Å². The van der Waals surface area contributed by atoms with Crippen LogP contribution in [-0.2, 0) is 11.8 Å². The number of nitrogens with zero attached hydrogens (tertiary/aromatic N) is 4. The molecule has 2 aliphatic heterocycles. The van der Waals surface area contributed by atoms with Gasteiger partial charge < -0.3 is 15.0 Å². The van der Waals surface area contributed by atoms with E-state index < -0.39 is 0 Å². The second kappa shape index (κ2) is 8.19. The third-order valence-electron chi connectivity index (χ3n) is 5.43. The molecular formula is C18H31N5O2. The number of amides is 2. The average Bonchev–Trinajstić information content (AvgIpc) is 3.24. The SMILES string of the molecule is CN(C[C@@H]1CCCN(C)[C@H]1c1cnn(C)c1)C(=O)NCC1CCCO1. The molecule has 1 aromatic heterocycles. The molecule has 0 saturated carbocycles. The Hall–Kier alpha value is -1.60. The first kappa shape index (κ1) is 18.2. The van der Waals surface area contributed by atoms with Crippen LogP contribution in [0.3, 0.4) is 0 Å². The normalized spacial score (nSPS) is 27.4. The van der Waals surface area contributed by atoms with Gasteiger partial charge in [-0.15, -0.1) is 0 Å². The van der Waals surface area contributed by atoms with Gasteiger partial charge >= 0.3 is 6.03 Å². The maximum absolute atomic E-state index is 12.4. The number of aromatic nitrogens is 2. The molecule has 1 N–H and O–H groups in total. The molecule has 1 aromatic rings. The third-order valence-corrected chi connectivity index (χ3v) is 5.43.